The van der Waals surface area contributed by atoms with Crippen molar-refractivity contribution in [2.24, 2.45) is 0 Å². The van der Waals surface area contributed by atoms with Gasteiger partial charge in [0.15, 0.2) is 11.5 Å². The summed E-state index contributed by atoms with van der Waals surface area (Å²) in [6.07, 6.45) is -0.401. The number of amides is 1. The minimum absolute atomic E-state index is 0.0474. The molecule has 0 saturated heterocycles. The van der Waals surface area contributed by atoms with Gasteiger partial charge in [0.2, 0.25) is 0 Å². The van der Waals surface area contributed by atoms with Gasteiger partial charge in [0.1, 0.15) is 22.2 Å². The molecule has 3 rings (SSSR count). The number of nitrogens with one attached hydrogen (secondary N) is 1. The monoisotopic (exact) mass is 573 g/mol. The lowest BCUT2D eigenvalue weighted by Crippen LogP contribution is -2.16. The largest absolute Gasteiger partial charge is 0.483 e. The quantitative estimate of drug-likeness (QED) is 0.270. The second kappa shape index (κ2) is 12.0. The van der Waals surface area contributed by atoms with E-state index in [2.05, 4.69) is 5.32 Å². The molecule has 1 N–H and O–H groups in total. The van der Waals surface area contributed by atoms with Crippen molar-refractivity contribution in [3.8, 4) is 5.75 Å². The van der Waals surface area contributed by atoms with Crippen LogP contribution in [-0.2, 0) is 16.1 Å². The molecule has 0 aliphatic heterocycles. The predicted molar refractivity (Wildman–Crippen MR) is 138 cm³/mol. The summed E-state index contributed by atoms with van der Waals surface area (Å²) in [6, 6.07) is 5.96. The average Bonchev–Trinajstić information content (AvgIpc) is 3.37. The molecule has 0 fully saturated rings. The maximum atomic E-state index is 12.9. The molecule has 192 valence electrons. The first-order valence-corrected chi connectivity index (χ1v) is 12.7. The van der Waals surface area contributed by atoms with E-state index in [4.69, 9.17) is 53.4 Å². The van der Waals surface area contributed by atoms with Crippen molar-refractivity contribution < 1.29 is 33.0 Å². The zero-order valence-corrected chi connectivity index (χ0v) is 22.8. The Kier molecular flexibility index (Phi) is 9.30. The lowest BCUT2D eigenvalue weighted by Gasteiger charge is -2.10. The normalized spacial score (nSPS) is 10.9. The third-order valence-electron chi connectivity index (χ3n) is 4.59. The molecule has 0 aliphatic carbocycles. The molecule has 2 aromatic heterocycles. The summed E-state index contributed by atoms with van der Waals surface area (Å²) < 4.78 is 21.6. The SMILES string of the molecule is CCOC(=O)c1sc(NC(=O)c2ccc(COc3c(Cl)cc(Cl)cc3Cl)o2)c(C(=O)OC(C)C)c1C. The summed E-state index contributed by atoms with van der Waals surface area (Å²) in [7, 11) is 0. The molecular weight excluding hydrogens is 553 g/mol. The van der Waals surface area contributed by atoms with E-state index in [1.165, 1.54) is 18.2 Å². The van der Waals surface area contributed by atoms with Crippen molar-refractivity contribution in [2.45, 2.75) is 40.4 Å². The van der Waals surface area contributed by atoms with Gasteiger partial charge in [0.25, 0.3) is 5.91 Å². The van der Waals surface area contributed by atoms with E-state index in [0.29, 0.717) is 16.3 Å². The van der Waals surface area contributed by atoms with Crippen LogP contribution in [0.5, 0.6) is 5.75 Å². The number of esters is 2. The van der Waals surface area contributed by atoms with E-state index in [1.807, 2.05) is 0 Å². The molecule has 0 saturated carbocycles. The van der Waals surface area contributed by atoms with Crippen LogP contribution in [0.4, 0.5) is 5.00 Å². The van der Waals surface area contributed by atoms with Crippen molar-refractivity contribution >= 4 is 69.0 Å². The highest BCUT2D eigenvalue weighted by Gasteiger charge is 2.28. The fourth-order valence-corrected chi connectivity index (χ4v) is 5.07. The Hall–Kier alpha value is -2.72. The van der Waals surface area contributed by atoms with Gasteiger partial charge in [-0.3, -0.25) is 4.79 Å². The minimum Gasteiger partial charge on any atom is -0.483 e. The molecule has 8 nitrogen and oxygen atoms in total. The van der Waals surface area contributed by atoms with Crippen LogP contribution in [0, 0.1) is 6.92 Å². The molecule has 12 heteroatoms. The molecule has 1 amide bonds. The number of halogens is 3. The summed E-state index contributed by atoms with van der Waals surface area (Å²) >= 11 is 19.1. The van der Waals surface area contributed by atoms with E-state index in [0.717, 1.165) is 11.3 Å². The predicted octanol–water partition coefficient (Wildman–Crippen LogP) is 7.18. The second-order valence-electron chi connectivity index (χ2n) is 7.64. The summed E-state index contributed by atoms with van der Waals surface area (Å²) in [6.45, 7) is 6.75. The van der Waals surface area contributed by atoms with Gasteiger partial charge < -0.3 is 23.9 Å². The van der Waals surface area contributed by atoms with E-state index < -0.39 is 23.9 Å². The van der Waals surface area contributed by atoms with Crippen LogP contribution in [0.3, 0.4) is 0 Å². The third kappa shape index (κ3) is 6.53. The number of hydrogen-bond acceptors (Lipinski definition) is 8. The van der Waals surface area contributed by atoms with Crippen LogP contribution >= 0.6 is 46.1 Å². The van der Waals surface area contributed by atoms with Crippen molar-refractivity contribution in [1.82, 2.24) is 0 Å². The standard InChI is InChI=1S/C24H22Cl3NO7S/c1-5-32-24(31)20-12(4)18(23(30)34-11(2)3)22(36-20)28-21(29)17-7-6-14(35-17)10-33-19-15(26)8-13(25)9-16(19)27/h6-9,11H,5,10H2,1-4H3,(H,28,29). The first-order valence-electron chi connectivity index (χ1n) is 10.7. The molecule has 0 aliphatic rings. The Morgan fingerprint density at radius 2 is 1.75 bits per heavy atom. The van der Waals surface area contributed by atoms with Crippen molar-refractivity contribution in [3.05, 3.63) is 66.9 Å². The fourth-order valence-electron chi connectivity index (χ4n) is 3.06. The molecule has 0 radical (unpaired) electrons. The highest BCUT2D eigenvalue weighted by molar-refractivity contribution is 7.18. The Bertz CT molecular complexity index is 1280. The molecule has 1 aromatic carbocycles. The number of hydrogen-bond donors (Lipinski definition) is 1. The molecule has 36 heavy (non-hydrogen) atoms. The van der Waals surface area contributed by atoms with Crippen LogP contribution in [0.25, 0.3) is 0 Å². The van der Waals surface area contributed by atoms with Crippen LogP contribution in [0.2, 0.25) is 15.1 Å². The molecule has 2 heterocycles. The van der Waals surface area contributed by atoms with Gasteiger partial charge in [0, 0.05) is 5.02 Å². The Balaban J connectivity index is 1.80. The smallest absolute Gasteiger partial charge is 0.348 e. The van der Waals surface area contributed by atoms with Gasteiger partial charge >= 0.3 is 11.9 Å². The lowest BCUT2D eigenvalue weighted by molar-refractivity contribution is 0.0379. The van der Waals surface area contributed by atoms with Gasteiger partial charge in [-0.25, -0.2) is 9.59 Å². The molecule has 3 aromatic rings. The van der Waals surface area contributed by atoms with Gasteiger partial charge in [-0.1, -0.05) is 34.8 Å². The van der Waals surface area contributed by atoms with Crippen molar-refractivity contribution in [1.29, 1.82) is 0 Å². The summed E-state index contributed by atoms with van der Waals surface area (Å²) in [4.78, 5) is 38.2. The summed E-state index contributed by atoms with van der Waals surface area (Å²) in [5.41, 5.74) is 0.428. The van der Waals surface area contributed by atoms with Crippen LogP contribution in [0.15, 0.2) is 28.7 Å². The first kappa shape index (κ1) is 27.9. The van der Waals surface area contributed by atoms with Crippen LogP contribution in [-0.4, -0.2) is 30.6 Å². The molecular formula is C24H22Cl3NO7S. The van der Waals surface area contributed by atoms with Gasteiger partial charge in [-0.2, -0.15) is 0 Å². The van der Waals surface area contributed by atoms with Crippen LogP contribution in [0.1, 0.15) is 62.7 Å². The van der Waals surface area contributed by atoms with Crippen molar-refractivity contribution in [2.75, 3.05) is 11.9 Å². The third-order valence-corrected chi connectivity index (χ3v) is 6.56. The van der Waals surface area contributed by atoms with E-state index >= 15 is 0 Å². The van der Waals surface area contributed by atoms with Gasteiger partial charge in [-0.05, 0) is 57.5 Å². The number of furan rings is 1. The minimum atomic E-state index is -0.671. The summed E-state index contributed by atoms with van der Waals surface area (Å²) in [5.74, 6) is -1.42. The molecule has 0 unspecified atom stereocenters. The highest BCUT2D eigenvalue weighted by atomic mass is 35.5. The fraction of sp³-hybridized carbons (Fsp3) is 0.292. The van der Waals surface area contributed by atoms with Gasteiger partial charge in [0.05, 0.1) is 28.3 Å². The van der Waals surface area contributed by atoms with E-state index in [-0.39, 0.29) is 50.2 Å². The number of rotatable bonds is 9. The second-order valence-corrected chi connectivity index (χ2v) is 9.91. The van der Waals surface area contributed by atoms with Crippen LogP contribution < -0.4 is 10.1 Å². The Labute approximate surface area is 226 Å². The first-order chi connectivity index (χ1) is 17.0. The zero-order chi connectivity index (χ0) is 26.6. The van der Waals surface area contributed by atoms with E-state index in [1.54, 1.807) is 33.8 Å². The highest BCUT2D eigenvalue weighted by Crippen LogP contribution is 2.37. The Morgan fingerprint density at radius 3 is 2.36 bits per heavy atom. The maximum Gasteiger partial charge on any atom is 0.348 e. The number of thiophene rings is 1. The lowest BCUT2D eigenvalue weighted by atomic mass is 10.1. The molecule has 0 atom stereocenters. The Morgan fingerprint density at radius 1 is 1.08 bits per heavy atom. The number of carbonyl (C=O) groups is 3. The van der Waals surface area contributed by atoms with Gasteiger partial charge in [-0.15, -0.1) is 11.3 Å². The number of ether oxygens (including phenoxy) is 3. The topological polar surface area (TPSA) is 104 Å². The van der Waals surface area contributed by atoms with Crippen molar-refractivity contribution in [3.63, 3.8) is 0 Å². The number of carbonyl (C=O) groups excluding carboxylic acids is 3. The maximum absolute atomic E-state index is 12.9. The molecule has 0 spiro atoms. The average molecular weight is 575 g/mol. The number of benzene rings is 1. The zero-order valence-electron chi connectivity index (χ0n) is 19.7. The molecule has 0 bridgehead atoms. The summed E-state index contributed by atoms with van der Waals surface area (Å²) in [5, 5.41) is 3.58. The number of anilines is 1. The van der Waals surface area contributed by atoms with E-state index in [9.17, 15) is 14.4 Å².